The van der Waals surface area contributed by atoms with E-state index in [9.17, 15) is 0 Å². The number of hydrogen-bond donors (Lipinski definition) is 1. The summed E-state index contributed by atoms with van der Waals surface area (Å²) < 4.78 is 10.9. The largest absolute Gasteiger partial charge is 0.496 e. The van der Waals surface area contributed by atoms with E-state index in [4.69, 9.17) is 9.47 Å². The maximum absolute atomic E-state index is 5.47. The van der Waals surface area contributed by atoms with Crippen LogP contribution in [0.2, 0.25) is 0 Å². The molecule has 0 spiro atoms. The highest BCUT2D eigenvalue weighted by Crippen LogP contribution is 2.35. The van der Waals surface area contributed by atoms with E-state index >= 15 is 0 Å². The Kier molecular flexibility index (Phi) is 4.18. The summed E-state index contributed by atoms with van der Waals surface area (Å²) in [6.07, 6.45) is 3.11. The van der Waals surface area contributed by atoms with E-state index in [0.29, 0.717) is 0 Å². The predicted octanol–water partition coefficient (Wildman–Crippen LogP) is 2.19. The summed E-state index contributed by atoms with van der Waals surface area (Å²) in [6, 6.07) is 4.19. The highest BCUT2D eigenvalue weighted by Gasteiger charge is 2.20. The van der Waals surface area contributed by atoms with Crippen LogP contribution < -0.4 is 14.8 Å². The Morgan fingerprint density at radius 1 is 1.24 bits per heavy atom. The molecule has 1 aliphatic rings. The van der Waals surface area contributed by atoms with E-state index in [1.54, 1.807) is 26.0 Å². The molecule has 0 amide bonds. The summed E-state index contributed by atoms with van der Waals surface area (Å²) in [6.45, 7) is 2.21. The lowest BCUT2D eigenvalue weighted by Crippen LogP contribution is -2.43. The smallest absolute Gasteiger partial charge is 0.132 e. The van der Waals surface area contributed by atoms with Gasteiger partial charge in [-0.1, -0.05) is 0 Å². The molecule has 0 unspecified atom stereocenters. The molecule has 0 aromatic heterocycles. The lowest BCUT2D eigenvalue weighted by atomic mass is 9.94. The van der Waals surface area contributed by atoms with Crippen molar-refractivity contribution in [3.63, 3.8) is 0 Å². The van der Waals surface area contributed by atoms with Crippen molar-refractivity contribution in [3.8, 4) is 11.5 Å². The Balaban J connectivity index is 2.27. The van der Waals surface area contributed by atoms with Gasteiger partial charge in [0.1, 0.15) is 11.5 Å². The quantitative estimate of drug-likeness (QED) is 0.815. The van der Waals surface area contributed by atoms with Crippen LogP contribution in [-0.4, -0.2) is 33.6 Å². The van der Waals surface area contributed by atoms with Crippen molar-refractivity contribution in [1.29, 1.82) is 0 Å². The molecule has 1 aromatic rings. The molecule has 1 aliphatic heterocycles. The van der Waals surface area contributed by atoms with Gasteiger partial charge in [-0.05, 0) is 49.4 Å². The molecule has 17 heavy (non-hydrogen) atoms. The number of nitrogens with one attached hydrogen (secondary N) is 1. The number of ether oxygens (including phenoxy) is 2. The molecule has 0 radical (unpaired) electrons. The Bertz CT molecular complexity index is 391. The average molecular weight is 253 g/mol. The van der Waals surface area contributed by atoms with E-state index in [-0.39, 0.29) is 0 Å². The summed E-state index contributed by atoms with van der Waals surface area (Å²) in [7, 11) is 3.45. The maximum atomic E-state index is 5.47. The molecule has 1 N–H and O–H groups in total. The standard InChI is InChI=1S/C13H19NO2S/c1-15-11-6-13(17-3)12(16-2)5-10(11)4-9-7-14-8-9/h5-6,9,14H,4,7-8H2,1-3H3. The van der Waals surface area contributed by atoms with Gasteiger partial charge in [0.05, 0.1) is 19.1 Å². The second-order valence-corrected chi connectivity index (χ2v) is 5.10. The lowest BCUT2D eigenvalue weighted by molar-refractivity contribution is 0.336. The van der Waals surface area contributed by atoms with Crippen molar-refractivity contribution in [2.75, 3.05) is 33.6 Å². The van der Waals surface area contributed by atoms with E-state index < -0.39 is 0 Å². The summed E-state index contributed by atoms with van der Waals surface area (Å²) in [5.41, 5.74) is 1.24. The van der Waals surface area contributed by atoms with E-state index in [1.165, 1.54) is 5.56 Å². The molecule has 3 nitrogen and oxygen atoms in total. The average Bonchev–Trinajstić information content (AvgIpc) is 2.32. The third-order valence-corrected chi connectivity index (χ3v) is 3.92. The monoisotopic (exact) mass is 253 g/mol. The summed E-state index contributed by atoms with van der Waals surface area (Å²) >= 11 is 1.68. The fraction of sp³-hybridized carbons (Fsp3) is 0.538. The first-order valence-corrected chi connectivity index (χ1v) is 7.00. The zero-order valence-corrected chi connectivity index (χ0v) is 11.4. The molecule has 2 rings (SSSR count). The fourth-order valence-corrected chi connectivity index (χ4v) is 2.62. The molecule has 1 saturated heterocycles. The number of hydrogen-bond acceptors (Lipinski definition) is 4. The Hall–Kier alpha value is -0.870. The molecule has 1 fully saturated rings. The van der Waals surface area contributed by atoms with Gasteiger partial charge in [-0.25, -0.2) is 0 Å². The fourth-order valence-electron chi connectivity index (χ4n) is 2.06. The van der Waals surface area contributed by atoms with Crippen LogP contribution in [0.5, 0.6) is 11.5 Å². The topological polar surface area (TPSA) is 30.5 Å². The summed E-state index contributed by atoms with van der Waals surface area (Å²) in [4.78, 5) is 1.12. The summed E-state index contributed by atoms with van der Waals surface area (Å²) in [5, 5.41) is 3.29. The van der Waals surface area contributed by atoms with E-state index in [1.807, 2.05) is 6.26 Å². The van der Waals surface area contributed by atoms with Gasteiger partial charge in [0.25, 0.3) is 0 Å². The SMILES string of the molecule is COc1cc(SC)c(OC)cc1CC1CNC1. The van der Waals surface area contributed by atoms with Gasteiger partial charge in [-0.15, -0.1) is 11.8 Å². The first-order valence-electron chi connectivity index (χ1n) is 5.78. The molecule has 0 bridgehead atoms. The summed E-state index contributed by atoms with van der Waals surface area (Å²) in [5.74, 6) is 2.65. The number of rotatable bonds is 5. The van der Waals surface area contributed by atoms with Crippen molar-refractivity contribution in [3.05, 3.63) is 17.7 Å². The molecular formula is C13H19NO2S. The van der Waals surface area contributed by atoms with Gasteiger partial charge < -0.3 is 14.8 Å². The van der Waals surface area contributed by atoms with Crippen LogP contribution in [0.1, 0.15) is 5.56 Å². The molecule has 1 aromatic carbocycles. The Morgan fingerprint density at radius 3 is 2.41 bits per heavy atom. The van der Waals surface area contributed by atoms with E-state index in [2.05, 4.69) is 17.4 Å². The van der Waals surface area contributed by atoms with Crippen LogP contribution in [-0.2, 0) is 6.42 Å². The number of thioether (sulfide) groups is 1. The minimum absolute atomic E-state index is 0.730. The van der Waals surface area contributed by atoms with Crippen molar-refractivity contribution in [2.45, 2.75) is 11.3 Å². The first kappa shape index (κ1) is 12.6. The third-order valence-electron chi connectivity index (χ3n) is 3.16. The first-order chi connectivity index (χ1) is 8.28. The highest BCUT2D eigenvalue weighted by molar-refractivity contribution is 7.98. The minimum Gasteiger partial charge on any atom is -0.496 e. The highest BCUT2D eigenvalue weighted by atomic mass is 32.2. The molecule has 0 aliphatic carbocycles. The van der Waals surface area contributed by atoms with Crippen molar-refractivity contribution in [2.24, 2.45) is 5.92 Å². The van der Waals surface area contributed by atoms with Gasteiger partial charge in [-0.3, -0.25) is 0 Å². The van der Waals surface area contributed by atoms with Gasteiger partial charge in [0, 0.05) is 0 Å². The van der Waals surface area contributed by atoms with Crippen LogP contribution in [0, 0.1) is 5.92 Å². The zero-order chi connectivity index (χ0) is 12.3. The van der Waals surface area contributed by atoms with Crippen LogP contribution in [0.3, 0.4) is 0 Å². The Labute approximate surface area is 107 Å². The molecule has 0 saturated carbocycles. The predicted molar refractivity (Wildman–Crippen MR) is 71.4 cm³/mol. The lowest BCUT2D eigenvalue weighted by Gasteiger charge is -2.28. The third kappa shape index (κ3) is 2.69. The van der Waals surface area contributed by atoms with Gasteiger partial charge in [0.2, 0.25) is 0 Å². The van der Waals surface area contributed by atoms with Crippen molar-refractivity contribution in [1.82, 2.24) is 5.32 Å². The normalized spacial score (nSPS) is 15.5. The van der Waals surface area contributed by atoms with Crippen LogP contribution >= 0.6 is 11.8 Å². The van der Waals surface area contributed by atoms with E-state index in [0.717, 1.165) is 41.8 Å². The van der Waals surface area contributed by atoms with Gasteiger partial charge >= 0.3 is 0 Å². The Morgan fingerprint density at radius 2 is 1.94 bits per heavy atom. The molecule has 94 valence electrons. The zero-order valence-electron chi connectivity index (χ0n) is 10.6. The minimum atomic E-state index is 0.730. The number of methoxy groups -OCH3 is 2. The molecule has 1 heterocycles. The maximum Gasteiger partial charge on any atom is 0.132 e. The van der Waals surface area contributed by atoms with Gasteiger partial charge in [0.15, 0.2) is 0 Å². The van der Waals surface area contributed by atoms with Crippen LogP contribution in [0.15, 0.2) is 17.0 Å². The van der Waals surface area contributed by atoms with Crippen molar-refractivity contribution < 1.29 is 9.47 Å². The second-order valence-electron chi connectivity index (χ2n) is 4.25. The van der Waals surface area contributed by atoms with Crippen LogP contribution in [0.25, 0.3) is 0 Å². The van der Waals surface area contributed by atoms with Crippen LogP contribution in [0.4, 0.5) is 0 Å². The van der Waals surface area contributed by atoms with Gasteiger partial charge in [-0.2, -0.15) is 0 Å². The van der Waals surface area contributed by atoms with Crippen molar-refractivity contribution >= 4 is 11.8 Å². The molecule has 0 atom stereocenters. The molecule has 4 heteroatoms. The second kappa shape index (κ2) is 5.65. The number of benzene rings is 1. The molecular weight excluding hydrogens is 234 g/mol.